The fourth-order valence-electron chi connectivity index (χ4n) is 2.01. The van der Waals surface area contributed by atoms with Gasteiger partial charge in [-0.25, -0.2) is 4.98 Å². The summed E-state index contributed by atoms with van der Waals surface area (Å²) in [6.07, 6.45) is 2.83. The van der Waals surface area contributed by atoms with Crippen molar-refractivity contribution in [2.24, 2.45) is 0 Å². The first-order chi connectivity index (χ1) is 10.1. The van der Waals surface area contributed by atoms with E-state index in [4.69, 9.17) is 4.74 Å². The number of rotatable bonds is 6. The van der Waals surface area contributed by atoms with Crippen LogP contribution in [0.2, 0.25) is 0 Å². The minimum atomic E-state index is 0.400. The summed E-state index contributed by atoms with van der Waals surface area (Å²) in [4.78, 5) is 4.29. The minimum Gasteiger partial charge on any atom is -0.457 e. The predicted molar refractivity (Wildman–Crippen MR) is 91.3 cm³/mol. The van der Waals surface area contributed by atoms with Gasteiger partial charge in [-0.15, -0.1) is 0 Å². The number of hydrogen-bond donors (Lipinski definition) is 1. The molecule has 1 aromatic carbocycles. The third kappa shape index (κ3) is 4.46. The molecule has 0 saturated heterocycles. The summed E-state index contributed by atoms with van der Waals surface area (Å²) in [5.41, 5.74) is 1.18. The Bertz CT molecular complexity index is 599. The van der Waals surface area contributed by atoms with Crippen LogP contribution in [0.3, 0.4) is 0 Å². The van der Waals surface area contributed by atoms with Gasteiger partial charge in [-0.1, -0.05) is 36.7 Å². The van der Waals surface area contributed by atoms with Crippen LogP contribution in [-0.2, 0) is 0 Å². The monoisotopic (exact) mass is 348 g/mol. The molecule has 2 aromatic rings. The van der Waals surface area contributed by atoms with Crippen LogP contribution >= 0.6 is 15.9 Å². The quantitative estimate of drug-likeness (QED) is 0.739. The molecule has 2 rings (SSSR count). The second-order valence-corrected chi connectivity index (χ2v) is 6.16. The summed E-state index contributed by atoms with van der Waals surface area (Å²) in [6.45, 7) is 7.36. The lowest BCUT2D eigenvalue weighted by Crippen LogP contribution is -2.01. The number of hydrogen-bond acceptors (Lipinski definition) is 3. The third-order valence-electron chi connectivity index (χ3n) is 3.11. The van der Waals surface area contributed by atoms with Crippen molar-refractivity contribution in [3.63, 3.8) is 0 Å². The molecule has 1 heterocycles. The molecule has 4 heteroatoms. The number of nitrogens with one attached hydrogen (secondary N) is 1. The van der Waals surface area contributed by atoms with E-state index in [-0.39, 0.29) is 0 Å². The Balaban J connectivity index is 2.22. The summed E-state index contributed by atoms with van der Waals surface area (Å²) >= 11 is 3.51. The first kappa shape index (κ1) is 15.8. The lowest BCUT2D eigenvalue weighted by molar-refractivity contribution is 0.472. The molecule has 1 aromatic heterocycles. The van der Waals surface area contributed by atoms with Crippen LogP contribution in [0.15, 0.2) is 41.0 Å². The van der Waals surface area contributed by atoms with Gasteiger partial charge < -0.3 is 10.1 Å². The number of aromatic nitrogens is 1. The summed E-state index contributed by atoms with van der Waals surface area (Å²) in [5, 5.41) is 3.27. The van der Waals surface area contributed by atoms with E-state index in [0.717, 1.165) is 34.8 Å². The Kier molecular flexibility index (Phi) is 5.62. The van der Waals surface area contributed by atoms with E-state index in [0.29, 0.717) is 5.92 Å². The van der Waals surface area contributed by atoms with E-state index in [2.05, 4.69) is 53.1 Å². The zero-order valence-corrected chi connectivity index (χ0v) is 14.3. The number of pyridine rings is 1. The average Bonchev–Trinajstić information content (AvgIpc) is 2.47. The largest absolute Gasteiger partial charge is 0.457 e. The molecule has 0 amide bonds. The van der Waals surface area contributed by atoms with Crippen molar-refractivity contribution >= 4 is 21.7 Å². The fraction of sp³-hybridized carbons (Fsp3) is 0.353. The molecule has 3 nitrogen and oxygen atoms in total. The zero-order valence-electron chi connectivity index (χ0n) is 12.7. The summed E-state index contributed by atoms with van der Waals surface area (Å²) < 4.78 is 7.11. The molecule has 0 aliphatic carbocycles. The lowest BCUT2D eigenvalue weighted by atomic mass is 10.0. The van der Waals surface area contributed by atoms with E-state index >= 15 is 0 Å². The Labute approximate surface area is 134 Å². The molecule has 112 valence electrons. The van der Waals surface area contributed by atoms with Gasteiger partial charge in [0.25, 0.3) is 0 Å². The highest BCUT2D eigenvalue weighted by atomic mass is 79.9. The van der Waals surface area contributed by atoms with Crippen LogP contribution in [0.4, 0.5) is 5.82 Å². The van der Waals surface area contributed by atoms with Gasteiger partial charge in [0.2, 0.25) is 0 Å². The third-order valence-corrected chi connectivity index (χ3v) is 3.60. The van der Waals surface area contributed by atoms with Gasteiger partial charge in [0.1, 0.15) is 17.3 Å². The number of anilines is 1. The van der Waals surface area contributed by atoms with Crippen LogP contribution in [-0.4, -0.2) is 11.5 Å². The predicted octanol–water partition coefficient (Wildman–Crippen LogP) is 5.58. The van der Waals surface area contributed by atoms with Gasteiger partial charge in [-0.2, -0.15) is 0 Å². The second kappa shape index (κ2) is 7.46. The molecule has 0 aliphatic rings. The molecule has 0 saturated carbocycles. The molecule has 0 atom stereocenters. The van der Waals surface area contributed by atoms with Crippen LogP contribution < -0.4 is 10.1 Å². The smallest absolute Gasteiger partial charge is 0.132 e. The molecule has 0 aliphatic heterocycles. The number of benzene rings is 1. The van der Waals surface area contributed by atoms with E-state index in [1.807, 2.05) is 24.3 Å². The van der Waals surface area contributed by atoms with Crippen molar-refractivity contribution in [1.82, 2.24) is 4.98 Å². The summed E-state index contributed by atoms with van der Waals surface area (Å²) in [6, 6.07) is 9.92. The van der Waals surface area contributed by atoms with E-state index < -0.39 is 0 Å². The molecule has 0 radical (unpaired) electrons. The normalized spacial score (nSPS) is 10.7. The highest BCUT2D eigenvalue weighted by Gasteiger charge is 2.10. The summed E-state index contributed by atoms with van der Waals surface area (Å²) in [7, 11) is 0. The molecule has 0 fully saturated rings. The van der Waals surface area contributed by atoms with Crippen LogP contribution in [0.25, 0.3) is 0 Å². The zero-order chi connectivity index (χ0) is 15.2. The van der Waals surface area contributed by atoms with Gasteiger partial charge in [-0.3, -0.25) is 0 Å². The maximum absolute atomic E-state index is 6.05. The number of nitrogens with zero attached hydrogens (tertiary/aromatic N) is 1. The molecule has 1 N–H and O–H groups in total. The van der Waals surface area contributed by atoms with Crippen molar-refractivity contribution in [2.45, 2.75) is 33.1 Å². The maximum atomic E-state index is 6.05. The minimum absolute atomic E-state index is 0.400. The first-order valence-electron chi connectivity index (χ1n) is 7.27. The molecule has 0 unspecified atom stereocenters. The van der Waals surface area contributed by atoms with Gasteiger partial charge in [0.05, 0.1) is 0 Å². The van der Waals surface area contributed by atoms with Crippen molar-refractivity contribution in [3.8, 4) is 11.5 Å². The first-order valence-corrected chi connectivity index (χ1v) is 8.06. The van der Waals surface area contributed by atoms with E-state index in [1.165, 1.54) is 5.56 Å². The van der Waals surface area contributed by atoms with Gasteiger partial charge in [0, 0.05) is 23.3 Å². The Morgan fingerprint density at radius 3 is 2.76 bits per heavy atom. The molecule has 0 bridgehead atoms. The van der Waals surface area contributed by atoms with Crippen LogP contribution in [0, 0.1) is 0 Å². The standard InChI is InChI=1S/C17H21BrN2O/c1-4-8-19-17-11-14(7-9-20-17)21-16-6-5-13(18)10-15(16)12(2)3/h5-7,9-12H,4,8H2,1-3H3,(H,19,20). The Morgan fingerprint density at radius 2 is 2.05 bits per heavy atom. The second-order valence-electron chi connectivity index (χ2n) is 5.24. The van der Waals surface area contributed by atoms with Crippen molar-refractivity contribution in [1.29, 1.82) is 0 Å². The topological polar surface area (TPSA) is 34.1 Å². The average molecular weight is 349 g/mol. The SMILES string of the molecule is CCCNc1cc(Oc2ccc(Br)cc2C(C)C)ccn1. The van der Waals surface area contributed by atoms with Crippen LogP contribution in [0.5, 0.6) is 11.5 Å². The fourth-order valence-corrected chi connectivity index (χ4v) is 2.39. The van der Waals surface area contributed by atoms with Gasteiger partial charge >= 0.3 is 0 Å². The van der Waals surface area contributed by atoms with E-state index in [1.54, 1.807) is 6.20 Å². The van der Waals surface area contributed by atoms with Gasteiger partial charge in [-0.05, 0) is 42.2 Å². The number of halogens is 1. The van der Waals surface area contributed by atoms with Gasteiger partial charge in [0.15, 0.2) is 0 Å². The molecule has 0 spiro atoms. The molecule has 21 heavy (non-hydrogen) atoms. The van der Waals surface area contributed by atoms with Crippen molar-refractivity contribution in [3.05, 3.63) is 46.6 Å². The lowest BCUT2D eigenvalue weighted by Gasteiger charge is -2.15. The Morgan fingerprint density at radius 1 is 1.24 bits per heavy atom. The molecular weight excluding hydrogens is 328 g/mol. The maximum Gasteiger partial charge on any atom is 0.132 e. The highest BCUT2D eigenvalue weighted by molar-refractivity contribution is 9.10. The highest BCUT2D eigenvalue weighted by Crippen LogP contribution is 2.33. The van der Waals surface area contributed by atoms with E-state index in [9.17, 15) is 0 Å². The molecular formula is C17H21BrN2O. The van der Waals surface area contributed by atoms with Crippen LogP contribution in [0.1, 0.15) is 38.7 Å². The van der Waals surface area contributed by atoms with Crippen molar-refractivity contribution in [2.75, 3.05) is 11.9 Å². The number of ether oxygens (including phenoxy) is 1. The summed E-state index contributed by atoms with van der Waals surface area (Å²) in [5.74, 6) is 2.93. The van der Waals surface area contributed by atoms with Crippen molar-refractivity contribution < 1.29 is 4.74 Å². The Hall–Kier alpha value is -1.55.